The maximum atomic E-state index is 12.4. The standard InChI is InChI=1S/C13H24N2O2/c1-6-9-15-11(17)12(4,5)14-10(16)13(15,7-2)8-3/h6-9H2,1-5H3,(H,14,16). The van der Waals surface area contributed by atoms with E-state index in [9.17, 15) is 9.59 Å². The third-order valence-corrected chi connectivity index (χ3v) is 3.76. The van der Waals surface area contributed by atoms with Crippen molar-refractivity contribution in [2.45, 2.75) is 65.0 Å². The molecule has 0 atom stereocenters. The molecular formula is C13H24N2O2. The van der Waals surface area contributed by atoms with Crippen molar-refractivity contribution in [1.29, 1.82) is 0 Å². The fourth-order valence-electron chi connectivity index (χ4n) is 2.60. The molecule has 4 heteroatoms. The Balaban J connectivity index is 3.20. The van der Waals surface area contributed by atoms with Crippen molar-refractivity contribution in [2.75, 3.05) is 6.54 Å². The summed E-state index contributed by atoms with van der Waals surface area (Å²) in [4.78, 5) is 26.5. The Hall–Kier alpha value is -1.06. The van der Waals surface area contributed by atoms with Crippen LogP contribution in [0.25, 0.3) is 0 Å². The second-order valence-electron chi connectivity index (χ2n) is 5.27. The van der Waals surface area contributed by atoms with Gasteiger partial charge in [-0.05, 0) is 33.1 Å². The first kappa shape index (κ1) is 14.0. The fraction of sp³-hybridized carbons (Fsp3) is 0.846. The number of nitrogens with one attached hydrogen (secondary N) is 1. The Bertz CT molecular complexity index is 319. The molecular weight excluding hydrogens is 216 g/mol. The molecule has 0 aliphatic carbocycles. The molecule has 2 amide bonds. The van der Waals surface area contributed by atoms with Crippen molar-refractivity contribution in [2.24, 2.45) is 0 Å². The van der Waals surface area contributed by atoms with Gasteiger partial charge in [0.2, 0.25) is 11.8 Å². The number of carbonyl (C=O) groups is 2. The Kier molecular flexibility index (Phi) is 3.84. The minimum Gasteiger partial charge on any atom is -0.340 e. The number of rotatable bonds is 4. The molecule has 1 N–H and O–H groups in total. The molecule has 1 aliphatic heterocycles. The summed E-state index contributed by atoms with van der Waals surface area (Å²) in [5.74, 6) is 0.0169. The van der Waals surface area contributed by atoms with Gasteiger partial charge in [0.05, 0.1) is 0 Å². The van der Waals surface area contributed by atoms with Crippen LogP contribution in [0.1, 0.15) is 53.9 Å². The lowest BCUT2D eigenvalue weighted by molar-refractivity contribution is -0.162. The van der Waals surface area contributed by atoms with Gasteiger partial charge in [-0.15, -0.1) is 0 Å². The van der Waals surface area contributed by atoms with Gasteiger partial charge in [0.15, 0.2) is 0 Å². The van der Waals surface area contributed by atoms with Gasteiger partial charge < -0.3 is 10.2 Å². The third-order valence-electron chi connectivity index (χ3n) is 3.76. The SMILES string of the molecule is CCCN1C(=O)C(C)(C)NC(=O)C1(CC)CC. The molecule has 1 heterocycles. The zero-order valence-electron chi connectivity index (χ0n) is 11.6. The molecule has 0 unspecified atom stereocenters. The predicted molar refractivity (Wildman–Crippen MR) is 67.5 cm³/mol. The zero-order chi connectivity index (χ0) is 13.3. The van der Waals surface area contributed by atoms with Gasteiger partial charge in [0.1, 0.15) is 11.1 Å². The molecule has 0 bridgehead atoms. The Morgan fingerprint density at radius 1 is 1.12 bits per heavy atom. The van der Waals surface area contributed by atoms with E-state index in [1.807, 2.05) is 20.8 Å². The van der Waals surface area contributed by atoms with Crippen molar-refractivity contribution in [3.8, 4) is 0 Å². The van der Waals surface area contributed by atoms with Crippen LogP contribution < -0.4 is 5.32 Å². The lowest BCUT2D eigenvalue weighted by Gasteiger charge is -2.50. The van der Waals surface area contributed by atoms with Crippen molar-refractivity contribution >= 4 is 11.8 Å². The molecule has 1 rings (SSSR count). The van der Waals surface area contributed by atoms with Crippen LogP contribution in [0.5, 0.6) is 0 Å². The van der Waals surface area contributed by atoms with Gasteiger partial charge in [0, 0.05) is 6.54 Å². The maximum absolute atomic E-state index is 12.4. The van der Waals surface area contributed by atoms with Gasteiger partial charge in [0.25, 0.3) is 0 Å². The Morgan fingerprint density at radius 3 is 2.06 bits per heavy atom. The lowest BCUT2D eigenvalue weighted by atomic mass is 9.82. The molecule has 1 aliphatic rings. The van der Waals surface area contributed by atoms with E-state index in [0.29, 0.717) is 19.4 Å². The van der Waals surface area contributed by atoms with E-state index in [0.717, 1.165) is 6.42 Å². The summed E-state index contributed by atoms with van der Waals surface area (Å²) in [5, 5.41) is 2.86. The van der Waals surface area contributed by atoms with Crippen LogP contribution in [0.2, 0.25) is 0 Å². The van der Waals surface area contributed by atoms with Crippen molar-refractivity contribution in [3.05, 3.63) is 0 Å². The number of nitrogens with zero attached hydrogens (tertiary/aromatic N) is 1. The summed E-state index contributed by atoms with van der Waals surface area (Å²) >= 11 is 0. The van der Waals surface area contributed by atoms with E-state index in [2.05, 4.69) is 5.32 Å². The van der Waals surface area contributed by atoms with Crippen LogP contribution in [0, 0.1) is 0 Å². The zero-order valence-corrected chi connectivity index (χ0v) is 11.6. The Labute approximate surface area is 104 Å². The highest BCUT2D eigenvalue weighted by molar-refractivity contribution is 6.01. The van der Waals surface area contributed by atoms with Gasteiger partial charge in [-0.25, -0.2) is 0 Å². The van der Waals surface area contributed by atoms with E-state index in [4.69, 9.17) is 0 Å². The molecule has 1 fully saturated rings. The van der Waals surface area contributed by atoms with E-state index in [1.165, 1.54) is 0 Å². The van der Waals surface area contributed by atoms with Crippen LogP contribution in [0.15, 0.2) is 0 Å². The predicted octanol–water partition coefficient (Wildman–Crippen LogP) is 1.69. The van der Waals surface area contributed by atoms with Crippen LogP contribution in [0.3, 0.4) is 0 Å². The quantitative estimate of drug-likeness (QED) is 0.813. The van der Waals surface area contributed by atoms with Crippen molar-refractivity contribution in [3.63, 3.8) is 0 Å². The second kappa shape index (κ2) is 4.67. The highest BCUT2D eigenvalue weighted by Gasteiger charge is 2.52. The summed E-state index contributed by atoms with van der Waals surface area (Å²) in [5.41, 5.74) is -1.43. The number of carbonyl (C=O) groups excluding carboxylic acids is 2. The van der Waals surface area contributed by atoms with E-state index >= 15 is 0 Å². The first-order valence-electron chi connectivity index (χ1n) is 6.50. The molecule has 17 heavy (non-hydrogen) atoms. The van der Waals surface area contributed by atoms with Crippen LogP contribution in [0.4, 0.5) is 0 Å². The number of amides is 2. The van der Waals surface area contributed by atoms with E-state index in [-0.39, 0.29) is 11.8 Å². The van der Waals surface area contributed by atoms with Gasteiger partial charge in [-0.2, -0.15) is 0 Å². The van der Waals surface area contributed by atoms with Crippen molar-refractivity contribution in [1.82, 2.24) is 10.2 Å². The molecule has 0 aromatic carbocycles. The number of hydrogen-bond donors (Lipinski definition) is 1. The fourth-order valence-corrected chi connectivity index (χ4v) is 2.60. The first-order chi connectivity index (χ1) is 7.85. The van der Waals surface area contributed by atoms with E-state index in [1.54, 1.807) is 18.7 Å². The summed E-state index contributed by atoms with van der Waals surface area (Å²) < 4.78 is 0. The molecule has 1 saturated heterocycles. The van der Waals surface area contributed by atoms with Crippen molar-refractivity contribution < 1.29 is 9.59 Å². The minimum absolute atomic E-state index is 0.0134. The first-order valence-corrected chi connectivity index (χ1v) is 6.50. The Morgan fingerprint density at radius 2 is 1.65 bits per heavy atom. The summed E-state index contributed by atoms with van der Waals surface area (Å²) in [6, 6.07) is 0. The third kappa shape index (κ3) is 2.05. The molecule has 0 saturated carbocycles. The molecule has 98 valence electrons. The van der Waals surface area contributed by atoms with Gasteiger partial charge in [-0.1, -0.05) is 20.8 Å². The largest absolute Gasteiger partial charge is 0.340 e. The highest BCUT2D eigenvalue weighted by atomic mass is 16.2. The summed E-state index contributed by atoms with van der Waals surface area (Å²) in [6.45, 7) is 10.2. The summed E-state index contributed by atoms with van der Waals surface area (Å²) in [7, 11) is 0. The normalized spacial score (nSPS) is 22.5. The maximum Gasteiger partial charge on any atom is 0.248 e. The number of piperazine rings is 1. The topological polar surface area (TPSA) is 49.4 Å². The lowest BCUT2D eigenvalue weighted by Crippen LogP contribution is -2.73. The van der Waals surface area contributed by atoms with Crippen LogP contribution in [-0.4, -0.2) is 34.3 Å². The molecule has 0 aromatic rings. The smallest absolute Gasteiger partial charge is 0.248 e. The number of hydrogen-bond acceptors (Lipinski definition) is 2. The summed E-state index contributed by atoms with van der Waals surface area (Å²) in [6.07, 6.45) is 2.20. The minimum atomic E-state index is -0.778. The van der Waals surface area contributed by atoms with Crippen LogP contribution >= 0.6 is 0 Å². The highest BCUT2D eigenvalue weighted by Crippen LogP contribution is 2.32. The molecule has 0 aromatic heterocycles. The molecule has 0 spiro atoms. The van der Waals surface area contributed by atoms with E-state index < -0.39 is 11.1 Å². The molecule has 0 radical (unpaired) electrons. The average Bonchev–Trinajstić information content (AvgIpc) is 2.27. The van der Waals surface area contributed by atoms with Crippen LogP contribution in [-0.2, 0) is 9.59 Å². The molecule has 4 nitrogen and oxygen atoms in total. The average molecular weight is 240 g/mol. The van der Waals surface area contributed by atoms with Gasteiger partial charge >= 0.3 is 0 Å². The van der Waals surface area contributed by atoms with Gasteiger partial charge in [-0.3, -0.25) is 9.59 Å². The second-order valence-corrected chi connectivity index (χ2v) is 5.27. The monoisotopic (exact) mass is 240 g/mol.